The van der Waals surface area contributed by atoms with Gasteiger partial charge in [0.1, 0.15) is 0 Å². The lowest BCUT2D eigenvalue weighted by molar-refractivity contribution is 0.297. The Kier molecular flexibility index (Phi) is 4.63. The molecule has 1 heterocycles. The Labute approximate surface area is 118 Å². The van der Waals surface area contributed by atoms with Crippen LogP contribution < -0.4 is 9.47 Å². The second-order valence-corrected chi connectivity index (χ2v) is 5.90. The van der Waals surface area contributed by atoms with Crippen molar-refractivity contribution in [2.75, 3.05) is 13.2 Å². The standard InChI is InChI=1S/C14H18Cl2O2/c1-9(2)6-11(15)10-7-13-14(8-12(10)16)18-5-3-4-17-13/h7-9,11H,3-6H2,1-2H3. The van der Waals surface area contributed by atoms with Gasteiger partial charge in [-0.25, -0.2) is 0 Å². The molecule has 0 N–H and O–H groups in total. The van der Waals surface area contributed by atoms with Crippen LogP contribution in [0.5, 0.6) is 11.5 Å². The summed E-state index contributed by atoms with van der Waals surface area (Å²) >= 11 is 12.7. The zero-order chi connectivity index (χ0) is 13.1. The summed E-state index contributed by atoms with van der Waals surface area (Å²) in [7, 11) is 0. The maximum absolute atomic E-state index is 6.41. The van der Waals surface area contributed by atoms with E-state index in [2.05, 4.69) is 13.8 Å². The number of hydrogen-bond acceptors (Lipinski definition) is 2. The molecule has 0 fully saturated rings. The molecule has 0 bridgehead atoms. The van der Waals surface area contributed by atoms with Gasteiger partial charge in [0.15, 0.2) is 11.5 Å². The fraction of sp³-hybridized carbons (Fsp3) is 0.571. The number of rotatable bonds is 3. The number of alkyl halides is 1. The Morgan fingerprint density at radius 3 is 2.39 bits per heavy atom. The molecule has 1 aliphatic rings. The van der Waals surface area contributed by atoms with E-state index >= 15 is 0 Å². The second-order valence-electron chi connectivity index (χ2n) is 4.97. The van der Waals surface area contributed by atoms with Gasteiger partial charge in [0.25, 0.3) is 0 Å². The van der Waals surface area contributed by atoms with Crippen LogP contribution in [0.2, 0.25) is 5.02 Å². The summed E-state index contributed by atoms with van der Waals surface area (Å²) in [5.74, 6) is 2.00. The largest absolute Gasteiger partial charge is 0.490 e. The van der Waals surface area contributed by atoms with Crippen LogP contribution in [-0.4, -0.2) is 13.2 Å². The van der Waals surface area contributed by atoms with Crippen molar-refractivity contribution in [2.45, 2.75) is 32.1 Å². The van der Waals surface area contributed by atoms with Crippen LogP contribution in [0.25, 0.3) is 0 Å². The van der Waals surface area contributed by atoms with Gasteiger partial charge in [0, 0.05) is 17.5 Å². The third-order valence-corrected chi connectivity index (χ3v) is 3.62. The first kappa shape index (κ1) is 13.8. The minimum absolute atomic E-state index is 0.0883. The minimum Gasteiger partial charge on any atom is -0.490 e. The first-order valence-electron chi connectivity index (χ1n) is 6.31. The smallest absolute Gasteiger partial charge is 0.162 e. The molecule has 1 aliphatic heterocycles. The van der Waals surface area contributed by atoms with Crippen molar-refractivity contribution in [1.29, 1.82) is 0 Å². The fourth-order valence-electron chi connectivity index (χ4n) is 1.98. The molecule has 0 aliphatic carbocycles. The highest BCUT2D eigenvalue weighted by molar-refractivity contribution is 6.33. The average Bonchev–Trinajstić information content (AvgIpc) is 2.51. The van der Waals surface area contributed by atoms with E-state index in [1.807, 2.05) is 12.1 Å². The molecule has 1 aromatic rings. The van der Waals surface area contributed by atoms with Crippen LogP contribution in [0.15, 0.2) is 12.1 Å². The van der Waals surface area contributed by atoms with Gasteiger partial charge in [-0.3, -0.25) is 0 Å². The molecule has 0 saturated heterocycles. The minimum atomic E-state index is -0.0883. The van der Waals surface area contributed by atoms with Gasteiger partial charge < -0.3 is 9.47 Å². The number of ether oxygens (including phenoxy) is 2. The molecule has 0 saturated carbocycles. The van der Waals surface area contributed by atoms with Crippen LogP contribution in [0, 0.1) is 5.92 Å². The normalized spacial score (nSPS) is 16.5. The molecule has 18 heavy (non-hydrogen) atoms. The van der Waals surface area contributed by atoms with E-state index in [0.717, 1.165) is 29.9 Å². The summed E-state index contributed by atoms with van der Waals surface area (Å²) < 4.78 is 11.2. The highest BCUT2D eigenvalue weighted by atomic mass is 35.5. The number of fused-ring (bicyclic) bond motifs is 1. The molecule has 2 nitrogen and oxygen atoms in total. The van der Waals surface area contributed by atoms with Gasteiger partial charge in [-0.15, -0.1) is 11.6 Å². The molecular formula is C14H18Cl2O2. The van der Waals surface area contributed by atoms with Crippen molar-refractivity contribution >= 4 is 23.2 Å². The first-order valence-corrected chi connectivity index (χ1v) is 7.12. The van der Waals surface area contributed by atoms with E-state index in [0.29, 0.717) is 24.2 Å². The highest BCUT2D eigenvalue weighted by Crippen LogP contribution is 2.40. The SMILES string of the molecule is CC(C)CC(Cl)c1cc2c(cc1Cl)OCCCO2. The lowest BCUT2D eigenvalue weighted by Crippen LogP contribution is -1.99. The Balaban J connectivity index is 2.28. The number of benzene rings is 1. The zero-order valence-electron chi connectivity index (χ0n) is 10.7. The van der Waals surface area contributed by atoms with Crippen molar-refractivity contribution < 1.29 is 9.47 Å². The van der Waals surface area contributed by atoms with E-state index in [-0.39, 0.29) is 5.38 Å². The first-order chi connectivity index (χ1) is 8.58. The molecule has 4 heteroatoms. The third-order valence-electron chi connectivity index (χ3n) is 2.88. The topological polar surface area (TPSA) is 18.5 Å². The van der Waals surface area contributed by atoms with Gasteiger partial charge >= 0.3 is 0 Å². The monoisotopic (exact) mass is 288 g/mol. The van der Waals surface area contributed by atoms with Gasteiger partial charge in [0.2, 0.25) is 0 Å². The fourth-order valence-corrected chi connectivity index (χ4v) is 2.86. The molecule has 0 radical (unpaired) electrons. The molecule has 1 unspecified atom stereocenters. The van der Waals surface area contributed by atoms with Crippen molar-refractivity contribution in [3.05, 3.63) is 22.7 Å². The van der Waals surface area contributed by atoms with Gasteiger partial charge in [0.05, 0.1) is 18.6 Å². The van der Waals surface area contributed by atoms with E-state index < -0.39 is 0 Å². The van der Waals surface area contributed by atoms with Crippen molar-refractivity contribution in [2.24, 2.45) is 5.92 Å². The molecule has 0 aromatic heterocycles. The highest BCUT2D eigenvalue weighted by Gasteiger charge is 2.19. The van der Waals surface area contributed by atoms with Gasteiger partial charge in [-0.2, -0.15) is 0 Å². The van der Waals surface area contributed by atoms with Gasteiger partial charge in [-0.05, 0) is 24.0 Å². The Morgan fingerprint density at radius 2 is 1.78 bits per heavy atom. The summed E-state index contributed by atoms with van der Waals surface area (Å²) in [6, 6.07) is 3.73. The Hall–Kier alpha value is -0.600. The second kappa shape index (κ2) is 6.03. The van der Waals surface area contributed by atoms with Crippen LogP contribution in [0.3, 0.4) is 0 Å². The summed E-state index contributed by atoms with van der Waals surface area (Å²) in [5, 5.41) is 0.564. The van der Waals surface area contributed by atoms with Crippen molar-refractivity contribution in [1.82, 2.24) is 0 Å². The van der Waals surface area contributed by atoms with Crippen molar-refractivity contribution in [3.8, 4) is 11.5 Å². The summed E-state index contributed by atoms with van der Waals surface area (Å²) in [6.45, 7) is 5.63. The molecule has 100 valence electrons. The van der Waals surface area contributed by atoms with Crippen LogP contribution >= 0.6 is 23.2 Å². The van der Waals surface area contributed by atoms with E-state index in [9.17, 15) is 0 Å². The Bertz CT molecular complexity index is 419. The lowest BCUT2D eigenvalue weighted by atomic mass is 10.0. The third kappa shape index (κ3) is 3.24. The lowest BCUT2D eigenvalue weighted by Gasteiger charge is -2.16. The predicted molar refractivity (Wildman–Crippen MR) is 75.1 cm³/mol. The summed E-state index contributed by atoms with van der Waals surface area (Å²) in [5.41, 5.74) is 0.927. The summed E-state index contributed by atoms with van der Waals surface area (Å²) in [4.78, 5) is 0. The van der Waals surface area contributed by atoms with Crippen LogP contribution in [0.4, 0.5) is 0 Å². The predicted octanol–water partition coefficient (Wildman–Crippen LogP) is 4.83. The molecule has 2 rings (SSSR count). The van der Waals surface area contributed by atoms with Crippen LogP contribution in [0.1, 0.15) is 37.6 Å². The van der Waals surface area contributed by atoms with E-state index in [4.69, 9.17) is 32.7 Å². The maximum atomic E-state index is 6.41. The average molecular weight is 289 g/mol. The molecular weight excluding hydrogens is 271 g/mol. The zero-order valence-corrected chi connectivity index (χ0v) is 12.2. The number of hydrogen-bond donors (Lipinski definition) is 0. The quantitative estimate of drug-likeness (QED) is 0.742. The molecule has 0 spiro atoms. The number of halogens is 2. The van der Waals surface area contributed by atoms with Gasteiger partial charge in [-0.1, -0.05) is 25.4 Å². The Morgan fingerprint density at radius 1 is 1.17 bits per heavy atom. The molecule has 1 atom stereocenters. The molecule has 1 aromatic carbocycles. The van der Waals surface area contributed by atoms with Crippen molar-refractivity contribution in [3.63, 3.8) is 0 Å². The van der Waals surface area contributed by atoms with Crippen LogP contribution in [-0.2, 0) is 0 Å². The summed E-state index contributed by atoms with van der Waals surface area (Å²) in [6.07, 6.45) is 1.78. The van der Waals surface area contributed by atoms with E-state index in [1.54, 1.807) is 0 Å². The molecule has 0 amide bonds. The van der Waals surface area contributed by atoms with E-state index in [1.165, 1.54) is 0 Å². The maximum Gasteiger partial charge on any atom is 0.162 e.